The normalized spacial score (nSPS) is 12.1. The molecule has 2 N–H and O–H groups in total. The summed E-state index contributed by atoms with van der Waals surface area (Å²) in [5.41, 5.74) is 0.397. The lowest BCUT2D eigenvalue weighted by molar-refractivity contribution is -0.153. The summed E-state index contributed by atoms with van der Waals surface area (Å²) in [5.74, 6) is -1.08. The van der Waals surface area contributed by atoms with Crippen LogP contribution in [0.2, 0.25) is 5.02 Å². The first-order valence-electron chi connectivity index (χ1n) is 5.34. The molecule has 1 unspecified atom stereocenters. The molecule has 18 heavy (non-hydrogen) atoms. The average Bonchev–Trinajstić information content (AvgIpc) is 2.34. The molecule has 0 aromatic heterocycles. The van der Waals surface area contributed by atoms with Gasteiger partial charge in [-0.25, -0.2) is 4.79 Å². The summed E-state index contributed by atoms with van der Waals surface area (Å²) in [6, 6.07) is 1.41. The molecule has 0 saturated heterocycles. The van der Waals surface area contributed by atoms with Crippen molar-refractivity contribution in [3.63, 3.8) is 0 Å². The molecule has 1 atom stereocenters. The summed E-state index contributed by atoms with van der Waals surface area (Å²) in [6.07, 6.45) is -1.60. The Morgan fingerprint density at radius 1 is 1.56 bits per heavy atom. The number of aliphatic hydroxyl groups excluding tert-OH is 1. The second kappa shape index (κ2) is 5.93. The van der Waals surface area contributed by atoms with Crippen LogP contribution in [-0.4, -0.2) is 29.9 Å². The first-order valence-corrected chi connectivity index (χ1v) is 5.72. The maximum atomic E-state index is 11.5. The predicted molar refractivity (Wildman–Crippen MR) is 66.0 cm³/mol. The maximum Gasteiger partial charge on any atom is 0.339 e. The van der Waals surface area contributed by atoms with Crippen LogP contribution in [0.4, 0.5) is 0 Å². The highest BCUT2D eigenvalue weighted by Gasteiger charge is 2.27. The van der Waals surface area contributed by atoms with Crippen molar-refractivity contribution in [2.45, 2.75) is 20.0 Å². The number of benzene rings is 1. The first-order chi connectivity index (χ1) is 8.43. The quantitative estimate of drug-likeness (QED) is 0.821. The van der Waals surface area contributed by atoms with E-state index < -0.39 is 12.1 Å². The van der Waals surface area contributed by atoms with E-state index in [2.05, 4.69) is 0 Å². The number of aromatic hydroxyl groups is 1. The molecule has 100 valence electrons. The largest absolute Gasteiger partial charge is 0.504 e. The van der Waals surface area contributed by atoms with Crippen LogP contribution < -0.4 is 4.74 Å². The van der Waals surface area contributed by atoms with Crippen molar-refractivity contribution in [1.82, 2.24) is 0 Å². The van der Waals surface area contributed by atoms with Gasteiger partial charge in [-0.05, 0) is 19.4 Å². The van der Waals surface area contributed by atoms with Crippen molar-refractivity contribution >= 4 is 17.6 Å². The smallest absolute Gasteiger partial charge is 0.339 e. The third-order valence-electron chi connectivity index (χ3n) is 2.51. The molecule has 1 aromatic carbocycles. The molecule has 0 bridgehead atoms. The fraction of sp³-hybridized carbons (Fsp3) is 0.417. The number of methoxy groups -OCH3 is 1. The van der Waals surface area contributed by atoms with Gasteiger partial charge in [-0.2, -0.15) is 0 Å². The summed E-state index contributed by atoms with van der Waals surface area (Å²) < 4.78 is 9.61. The van der Waals surface area contributed by atoms with Crippen molar-refractivity contribution in [1.29, 1.82) is 0 Å². The van der Waals surface area contributed by atoms with E-state index in [9.17, 15) is 15.0 Å². The van der Waals surface area contributed by atoms with Crippen molar-refractivity contribution in [3.05, 3.63) is 22.2 Å². The predicted octanol–water partition coefficient (Wildman–Crippen LogP) is 1.96. The number of hydrogen-bond acceptors (Lipinski definition) is 5. The molecule has 1 aromatic rings. The molecule has 0 saturated carbocycles. The van der Waals surface area contributed by atoms with Gasteiger partial charge in [-0.15, -0.1) is 0 Å². The number of hydrogen-bond donors (Lipinski definition) is 2. The van der Waals surface area contributed by atoms with Gasteiger partial charge in [-0.3, -0.25) is 0 Å². The number of phenols is 1. The molecular formula is C12H15ClO5. The second-order valence-corrected chi connectivity index (χ2v) is 4.01. The van der Waals surface area contributed by atoms with Crippen LogP contribution in [0.5, 0.6) is 11.5 Å². The van der Waals surface area contributed by atoms with E-state index in [0.29, 0.717) is 5.56 Å². The van der Waals surface area contributed by atoms with Crippen molar-refractivity contribution < 1.29 is 24.5 Å². The third kappa shape index (κ3) is 2.68. The number of rotatable bonds is 4. The Kier molecular flexibility index (Phi) is 4.81. The van der Waals surface area contributed by atoms with E-state index in [0.717, 1.165) is 0 Å². The zero-order valence-corrected chi connectivity index (χ0v) is 11.1. The Morgan fingerprint density at radius 3 is 2.67 bits per heavy atom. The van der Waals surface area contributed by atoms with Gasteiger partial charge in [0.15, 0.2) is 17.6 Å². The molecule has 0 radical (unpaired) electrons. The van der Waals surface area contributed by atoms with Gasteiger partial charge in [0.25, 0.3) is 0 Å². The molecule has 0 spiro atoms. The van der Waals surface area contributed by atoms with Gasteiger partial charge in [0.05, 0.1) is 13.7 Å². The van der Waals surface area contributed by atoms with Crippen molar-refractivity contribution in [3.8, 4) is 11.5 Å². The van der Waals surface area contributed by atoms with Gasteiger partial charge in [0.1, 0.15) is 0 Å². The molecule has 1 rings (SSSR count). The average molecular weight is 275 g/mol. The highest BCUT2D eigenvalue weighted by Crippen LogP contribution is 2.40. The number of ether oxygens (including phenoxy) is 2. The number of carbonyl (C=O) groups excluding carboxylic acids is 1. The highest BCUT2D eigenvalue weighted by molar-refractivity contribution is 6.31. The third-order valence-corrected chi connectivity index (χ3v) is 2.90. The van der Waals surface area contributed by atoms with Crippen LogP contribution in [0.1, 0.15) is 24.2 Å². The van der Waals surface area contributed by atoms with Crippen LogP contribution in [0.15, 0.2) is 6.07 Å². The molecule has 0 aliphatic heterocycles. The first kappa shape index (κ1) is 14.6. The maximum absolute atomic E-state index is 11.5. The molecule has 0 amide bonds. The minimum Gasteiger partial charge on any atom is -0.504 e. The second-order valence-electron chi connectivity index (χ2n) is 3.60. The lowest BCUT2D eigenvalue weighted by Gasteiger charge is -2.17. The number of halogens is 1. The topological polar surface area (TPSA) is 76.0 Å². The Labute approximate surface area is 110 Å². The van der Waals surface area contributed by atoms with Crippen molar-refractivity contribution in [2.24, 2.45) is 0 Å². The van der Waals surface area contributed by atoms with Crippen LogP contribution in [0.3, 0.4) is 0 Å². The van der Waals surface area contributed by atoms with Gasteiger partial charge in [0, 0.05) is 16.7 Å². The Hall–Kier alpha value is -1.46. The number of aliphatic hydroxyl groups is 1. The number of esters is 1. The van der Waals surface area contributed by atoms with E-state index in [-0.39, 0.29) is 28.7 Å². The summed E-state index contributed by atoms with van der Waals surface area (Å²) in [7, 11) is 1.35. The molecule has 6 heteroatoms. The molecule has 0 fully saturated rings. The zero-order valence-electron chi connectivity index (χ0n) is 10.4. The summed E-state index contributed by atoms with van der Waals surface area (Å²) in [5, 5.41) is 20.1. The fourth-order valence-electron chi connectivity index (χ4n) is 1.56. The zero-order chi connectivity index (χ0) is 13.9. The molecule has 0 heterocycles. The van der Waals surface area contributed by atoms with Crippen LogP contribution in [0.25, 0.3) is 0 Å². The van der Waals surface area contributed by atoms with Gasteiger partial charge in [-0.1, -0.05) is 11.6 Å². The lowest BCUT2D eigenvalue weighted by Crippen LogP contribution is -2.17. The van der Waals surface area contributed by atoms with E-state index >= 15 is 0 Å². The Bertz CT molecular complexity index is 458. The minimum absolute atomic E-state index is 0.00204. The van der Waals surface area contributed by atoms with Crippen LogP contribution >= 0.6 is 11.6 Å². The Morgan fingerprint density at radius 2 is 2.17 bits per heavy atom. The standard InChI is InChI=1S/C12H15ClO5/c1-4-18-12(16)11(15)9-6(2)7(13)5-8(17-3)10(9)14/h5,11,14-15H,4H2,1-3H3. The van der Waals surface area contributed by atoms with Crippen LogP contribution in [-0.2, 0) is 9.53 Å². The minimum atomic E-state index is -1.60. The van der Waals surface area contributed by atoms with Gasteiger partial charge >= 0.3 is 5.97 Å². The monoisotopic (exact) mass is 274 g/mol. The summed E-state index contributed by atoms with van der Waals surface area (Å²) >= 11 is 5.94. The number of carbonyl (C=O) groups is 1. The molecular weight excluding hydrogens is 260 g/mol. The fourth-order valence-corrected chi connectivity index (χ4v) is 1.76. The molecule has 5 nitrogen and oxygen atoms in total. The van der Waals surface area contributed by atoms with Crippen LogP contribution in [0, 0.1) is 6.92 Å². The van der Waals surface area contributed by atoms with Gasteiger partial charge in [0.2, 0.25) is 0 Å². The SMILES string of the molecule is CCOC(=O)C(O)c1c(C)c(Cl)cc(OC)c1O. The van der Waals surface area contributed by atoms with E-state index in [1.165, 1.54) is 13.2 Å². The van der Waals surface area contributed by atoms with E-state index in [4.69, 9.17) is 21.1 Å². The summed E-state index contributed by atoms with van der Waals surface area (Å²) in [4.78, 5) is 11.5. The molecule has 0 aliphatic carbocycles. The highest BCUT2D eigenvalue weighted by atomic mass is 35.5. The lowest BCUT2D eigenvalue weighted by atomic mass is 10.0. The van der Waals surface area contributed by atoms with Gasteiger partial charge < -0.3 is 19.7 Å². The molecule has 0 aliphatic rings. The Balaban J connectivity index is 3.30. The van der Waals surface area contributed by atoms with E-state index in [1.54, 1.807) is 13.8 Å². The summed E-state index contributed by atoms with van der Waals surface area (Å²) in [6.45, 7) is 3.34. The number of phenolic OH excluding ortho intramolecular Hbond substituents is 1. The van der Waals surface area contributed by atoms with Crippen molar-refractivity contribution in [2.75, 3.05) is 13.7 Å². The van der Waals surface area contributed by atoms with E-state index in [1.807, 2.05) is 0 Å².